The van der Waals surface area contributed by atoms with Gasteiger partial charge in [0.25, 0.3) is 0 Å². The van der Waals surface area contributed by atoms with E-state index in [2.05, 4.69) is 6.92 Å². The standard InChI is InChI=1S/C22H32O3S.K/c1-2-3-4-5-6-7-8-9-10-11-15-20-18-17-19-14-12-13-16-21(19)22(20)26(23,24)25;/h12-14,16-18H,2-11,15H2,1H3,(H,23,24,25);/q;+1/p-1. The van der Waals surface area contributed by atoms with Gasteiger partial charge in [-0.1, -0.05) is 101 Å². The third-order valence-corrected chi connectivity index (χ3v) is 5.99. The van der Waals surface area contributed by atoms with Crippen LogP contribution in [0.5, 0.6) is 0 Å². The van der Waals surface area contributed by atoms with E-state index in [9.17, 15) is 13.0 Å². The van der Waals surface area contributed by atoms with Gasteiger partial charge in [0.05, 0.1) is 4.90 Å². The second-order valence-corrected chi connectivity index (χ2v) is 8.48. The number of hydrogen-bond donors (Lipinski definition) is 0. The minimum atomic E-state index is -4.47. The molecule has 2 aromatic carbocycles. The molecule has 0 saturated heterocycles. The van der Waals surface area contributed by atoms with Crippen molar-refractivity contribution in [3.05, 3.63) is 42.0 Å². The molecule has 0 spiro atoms. The van der Waals surface area contributed by atoms with Gasteiger partial charge >= 0.3 is 51.4 Å². The number of benzene rings is 2. The Balaban J connectivity index is 0.00000364. The summed E-state index contributed by atoms with van der Waals surface area (Å²) in [5.41, 5.74) is 0.665. The first-order chi connectivity index (χ1) is 12.5. The van der Waals surface area contributed by atoms with Gasteiger partial charge in [0.1, 0.15) is 10.1 Å². The molecule has 144 valence electrons. The van der Waals surface area contributed by atoms with Crippen LogP contribution in [-0.2, 0) is 16.5 Å². The van der Waals surface area contributed by atoms with Crippen molar-refractivity contribution in [1.29, 1.82) is 0 Å². The van der Waals surface area contributed by atoms with E-state index in [1.807, 2.05) is 18.2 Å². The molecular formula is C22H31KO3S. The second kappa shape index (κ2) is 13.5. The molecule has 2 rings (SSSR count). The van der Waals surface area contributed by atoms with E-state index in [-0.39, 0.29) is 56.3 Å². The van der Waals surface area contributed by atoms with E-state index in [1.54, 1.807) is 18.2 Å². The summed E-state index contributed by atoms with van der Waals surface area (Å²) in [7, 11) is -4.47. The molecule has 0 aliphatic rings. The van der Waals surface area contributed by atoms with Crippen molar-refractivity contribution in [2.75, 3.05) is 0 Å². The van der Waals surface area contributed by atoms with E-state index < -0.39 is 10.1 Å². The monoisotopic (exact) mass is 414 g/mol. The van der Waals surface area contributed by atoms with Crippen molar-refractivity contribution < 1.29 is 64.4 Å². The van der Waals surface area contributed by atoms with Gasteiger partial charge in [0.15, 0.2) is 0 Å². The van der Waals surface area contributed by atoms with Gasteiger partial charge in [0.2, 0.25) is 0 Å². The van der Waals surface area contributed by atoms with Crippen LogP contribution in [0, 0.1) is 0 Å². The van der Waals surface area contributed by atoms with Gasteiger partial charge in [-0.15, -0.1) is 0 Å². The molecule has 27 heavy (non-hydrogen) atoms. The molecule has 0 aliphatic heterocycles. The molecule has 5 heteroatoms. The van der Waals surface area contributed by atoms with Crippen molar-refractivity contribution in [2.24, 2.45) is 0 Å². The molecule has 0 aromatic heterocycles. The second-order valence-electron chi connectivity index (χ2n) is 7.16. The zero-order valence-corrected chi connectivity index (χ0v) is 20.8. The number of hydrogen-bond acceptors (Lipinski definition) is 3. The first-order valence-corrected chi connectivity index (χ1v) is 11.4. The predicted molar refractivity (Wildman–Crippen MR) is 107 cm³/mol. The van der Waals surface area contributed by atoms with E-state index >= 15 is 0 Å². The average Bonchev–Trinajstić information content (AvgIpc) is 2.62. The Morgan fingerprint density at radius 3 is 1.93 bits per heavy atom. The molecule has 0 amide bonds. The van der Waals surface area contributed by atoms with Crippen molar-refractivity contribution >= 4 is 20.9 Å². The van der Waals surface area contributed by atoms with Crippen molar-refractivity contribution in [3.8, 4) is 0 Å². The van der Waals surface area contributed by atoms with E-state index in [4.69, 9.17) is 0 Å². The summed E-state index contributed by atoms with van der Waals surface area (Å²) in [6.45, 7) is 2.24. The van der Waals surface area contributed by atoms with Crippen LogP contribution in [0.1, 0.15) is 76.7 Å². The van der Waals surface area contributed by atoms with Gasteiger partial charge in [0, 0.05) is 0 Å². The molecule has 0 fully saturated rings. The Morgan fingerprint density at radius 1 is 0.778 bits per heavy atom. The molecule has 0 bridgehead atoms. The fourth-order valence-corrected chi connectivity index (χ4v) is 4.53. The summed E-state index contributed by atoms with van der Waals surface area (Å²) in [5, 5.41) is 1.35. The topological polar surface area (TPSA) is 57.2 Å². The van der Waals surface area contributed by atoms with Crippen LogP contribution in [-0.4, -0.2) is 13.0 Å². The number of rotatable bonds is 12. The largest absolute Gasteiger partial charge is 1.00 e. The van der Waals surface area contributed by atoms with E-state index in [1.165, 1.54) is 51.4 Å². The Bertz CT molecular complexity index is 787. The molecular weight excluding hydrogens is 383 g/mol. The normalized spacial score (nSPS) is 11.5. The molecule has 0 atom stereocenters. The first kappa shape index (κ1) is 25.3. The van der Waals surface area contributed by atoms with Crippen LogP contribution >= 0.6 is 0 Å². The quantitative estimate of drug-likeness (QED) is 0.304. The molecule has 0 radical (unpaired) electrons. The minimum Gasteiger partial charge on any atom is -0.744 e. The van der Waals surface area contributed by atoms with Crippen LogP contribution in [0.2, 0.25) is 0 Å². The summed E-state index contributed by atoms with van der Waals surface area (Å²) >= 11 is 0. The average molecular weight is 415 g/mol. The van der Waals surface area contributed by atoms with Crippen LogP contribution in [0.15, 0.2) is 41.3 Å². The van der Waals surface area contributed by atoms with Gasteiger partial charge in [-0.2, -0.15) is 0 Å². The third kappa shape index (κ3) is 8.65. The van der Waals surface area contributed by atoms with Crippen molar-refractivity contribution in [3.63, 3.8) is 0 Å². The molecule has 3 nitrogen and oxygen atoms in total. The summed E-state index contributed by atoms with van der Waals surface area (Å²) < 4.78 is 35.4. The fourth-order valence-electron chi connectivity index (χ4n) is 3.58. The summed E-state index contributed by atoms with van der Waals surface area (Å²) in [5.74, 6) is 0. The van der Waals surface area contributed by atoms with E-state index in [0.29, 0.717) is 17.4 Å². The first-order valence-electron chi connectivity index (χ1n) is 10.0. The predicted octanol–water partition coefficient (Wildman–Crippen LogP) is 3.21. The number of unbranched alkanes of at least 4 members (excludes halogenated alkanes) is 9. The zero-order valence-electron chi connectivity index (χ0n) is 16.9. The molecule has 0 aliphatic carbocycles. The van der Waals surface area contributed by atoms with Gasteiger partial charge in [-0.25, -0.2) is 8.42 Å². The molecule has 0 N–H and O–H groups in total. The molecule has 2 aromatic rings. The fraction of sp³-hybridized carbons (Fsp3) is 0.545. The maximum absolute atomic E-state index is 11.8. The SMILES string of the molecule is CCCCCCCCCCCCc1ccc2ccccc2c1S(=O)(=O)[O-].[K+]. The van der Waals surface area contributed by atoms with E-state index in [0.717, 1.165) is 18.2 Å². The molecule has 0 heterocycles. The third-order valence-electron chi connectivity index (χ3n) is 5.01. The Labute approximate surface area is 207 Å². The maximum Gasteiger partial charge on any atom is 1.00 e. The Hall–Kier alpha value is 0.246. The zero-order chi connectivity index (χ0) is 18.8. The van der Waals surface area contributed by atoms with Crippen LogP contribution in [0.3, 0.4) is 0 Å². The summed E-state index contributed by atoms with van der Waals surface area (Å²) in [6, 6.07) is 10.9. The van der Waals surface area contributed by atoms with Crippen molar-refractivity contribution in [1.82, 2.24) is 0 Å². The van der Waals surface area contributed by atoms with Gasteiger partial charge < -0.3 is 4.55 Å². The van der Waals surface area contributed by atoms with Crippen LogP contribution < -0.4 is 51.4 Å². The van der Waals surface area contributed by atoms with Crippen molar-refractivity contribution in [2.45, 2.75) is 82.4 Å². The summed E-state index contributed by atoms with van der Waals surface area (Å²) in [4.78, 5) is -0.0217. The summed E-state index contributed by atoms with van der Waals surface area (Å²) in [6.07, 6.45) is 13.0. The minimum absolute atomic E-state index is 0. The number of fused-ring (bicyclic) bond motifs is 1. The number of aryl methyl sites for hydroxylation is 1. The molecule has 0 unspecified atom stereocenters. The Kier molecular flexibility index (Phi) is 12.6. The van der Waals surface area contributed by atoms with Crippen LogP contribution in [0.25, 0.3) is 10.8 Å². The maximum atomic E-state index is 11.8. The smallest absolute Gasteiger partial charge is 0.744 e. The molecule has 0 saturated carbocycles. The Morgan fingerprint density at radius 2 is 1.33 bits per heavy atom. The van der Waals surface area contributed by atoms with Gasteiger partial charge in [-0.3, -0.25) is 0 Å². The van der Waals surface area contributed by atoms with Gasteiger partial charge in [-0.05, 0) is 29.2 Å². The van der Waals surface area contributed by atoms with Crippen LogP contribution in [0.4, 0.5) is 0 Å².